The lowest BCUT2D eigenvalue weighted by Crippen LogP contribution is -2.55. The van der Waals surface area contributed by atoms with Crippen molar-refractivity contribution >= 4 is 5.97 Å². The number of rotatable bonds is 4. The smallest absolute Gasteiger partial charge is 0.320 e. The van der Waals surface area contributed by atoms with Gasteiger partial charge in [-0.25, -0.2) is 0 Å². The second kappa shape index (κ2) is 5.12. The minimum Gasteiger partial charge on any atom is -0.480 e. The van der Waals surface area contributed by atoms with Gasteiger partial charge in [-0.2, -0.15) is 0 Å². The molecule has 0 amide bonds. The van der Waals surface area contributed by atoms with Gasteiger partial charge in [0.05, 0.1) is 12.7 Å². The van der Waals surface area contributed by atoms with Crippen molar-refractivity contribution in [1.29, 1.82) is 0 Å². The van der Waals surface area contributed by atoms with Crippen LogP contribution in [0.1, 0.15) is 25.7 Å². The van der Waals surface area contributed by atoms with Crippen LogP contribution in [-0.2, 0) is 9.53 Å². The van der Waals surface area contributed by atoms with Crippen molar-refractivity contribution in [3.8, 4) is 0 Å². The molecule has 1 saturated heterocycles. The highest BCUT2D eigenvalue weighted by atomic mass is 16.5. The summed E-state index contributed by atoms with van der Waals surface area (Å²) in [6.07, 6.45) is 4.03. The molecule has 3 atom stereocenters. The van der Waals surface area contributed by atoms with E-state index in [1.807, 2.05) is 0 Å². The van der Waals surface area contributed by atoms with Crippen LogP contribution in [0.25, 0.3) is 0 Å². The average molecular weight is 228 g/mol. The van der Waals surface area contributed by atoms with Gasteiger partial charge in [0.1, 0.15) is 6.04 Å². The van der Waals surface area contributed by atoms with Gasteiger partial charge in [0.15, 0.2) is 0 Å². The highest BCUT2D eigenvalue weighted by Gasteiger charge is 2.40. The molecule has 2 aliphatic rings. The summed E-state index contributed by atoms with van der Waals surface area (Å²) < 4.78 is 5.67. The molecule has 2 rings (SSSR count). The minimum absolute atomic E-state index is 0.244. The molecule has 1 saturated carbocycles. The fourth-order valence-electron chi connectivity index (χ4n) is 2.93. The summed E-state index contributed by atoms with van der Waals surface area (Å²) in [4.78, 5) is 13.3. The van der Waals surface area contributed by atoms with Crippen LogP contribution in [0.4, 0.5) is 0 Å². The van der Waals surface area contributed by atoms with E-state index >= 15 is 0 Å². The van der Waals surface area contributed by atoms with Crippen LogP contribution in [0.2, 0.25) is 0 Å². The van der Waals surface area contributed by atoms with E-state index in [4.69, 9.17) is 10.5 Å². The highest BCUT2D eigenvalue weighted by molar-refractivity contribution is 5.73. The second-order valence-corrected chi connectivity index (χ2v) is 4.58. The van der Waals surface area contributed by atoms with Crippen molar-refractivity contribution < 1.29 is 14.6 Å². The fourth-order valence-corrected chi connectivity index (χ4v) is 2.93. The van der Waals surface area contributed by atoms with Crippen LogP contribution < -0.4 is 5.73 Å². The second-order valence-electron chi connectivity index (χ2n) is 4.58. The first kappa shape index (κ1) is 11.8. The molecule has 1 aliphatic heterocycles. The Morgan fingerprint density at radius 2 is 2.38 bits per heavy atom. The lowest BCUT2D eigenvalue weighted by atomic mass is 10.1. The van der Waals surface area contributed by atoms with Crippen LogP contribution >= 0.6 is 0 Å². The fraction of sp³-hybridized carbons (Fsp3) is 0.909. The molecule has 1 heterocycles. The van der Waals surface area contributed by atoms with Gasteiger partial charge in [-0.05, 0) is 32.2 Å². The van der Waals surface area contributed by atoms with E-state index in [-0.39, 0.29) is 6.10 Å². The summed E-state index contributed by atoms with van der Waals surface area (Å²) in [5, 5.41) is 9.24. The standard InChI is InChI=1S/C11H20N2O3/c12-5-4-9(11(14)15)13-6-7-16-10-3-1-2-8(10)13/h8-10H,1-7,12H2,(H,14,15). The van der Waals surface area contributed by atoms with Gasteiger partial charge in [0.2, 0.25) is 0 Å². The van der Waals surface area contributed by atoms with Crippen molar-refractivity contribution in [3.63, 3.8) is 0 Å². The number of nitrogens with zero attached hydrogens (tertiary/aromatic N) is 1. The Labute approximate surface area is 95.5 Å². The topological polar surface area (TPSA) is 75.8 Å². The zero-order chi connectivity index (χ0) is 11.5. The number of aliphatic carboxylic acids is 1. The summed E-state index contributed by atoms with van der Waals surface area (Å²) in [6.45, 7) is 1.79. The Morgan fingerprint density at radius 3 is 3.06 bits per heavy atom. The van der Waals surface area contributed by atoms with Crippen molar-refractivity contribution in [1.82, 2.24) is 4.90 Å². The van der Waals surface area contributed by atoms with Crippen molar-refractivity contribution in [2.45, 2.75) is 43.9 Å². The lowest BCUT2D eigenvalue weighted by Gasteiger charge is -2.40. The Balaban J connectivity index is 2.07. The maximum Gasteiger partial charge on any atom is 0.320 e. The number of nitrogens with two attached hydrogens (primary N) is 1. The molecule has 0 aromatic carbocycles. The monoisotopic (exact) mass is 228 g/mol. The third kappa shape index (κ3) is 2.21. The Hall–Kier alpha value is -0.650. The van der Waals surface area contributed by atoms with Gasteiger partial charge in [-0.15, -0.1) is 0 Å². The molecule has 92 valence electrons. The molecule has 5 heteroatoms. The first-order valence-corrected chi connectivity index (χ1v) is 6.04. The number of hydrogen-bond acceptors (Lipinski definition) is 4. The maximum absolute atomic E-state index is 11.2. The molecule has 16 heavy (non-hydrogen) atoms. The molecular formula is C11H20N2O3. The first-order chi connectivity index (χ1) is 7.74. The molecule has 0 aromatic rings. The van der Waals surface area contributed by atoms with Crippen LogP contribution in [0, 0.1) is 0 Å². The van der Waals surface area contributed by atoms with Crippen molar-refractivity contribution in [2.75, 3.05) is 19.7 Å². The molecule has 0 bridgehead atoms. The first-order valence-electron chi connectivity index (χ1n) is 6.04. The Kier molecular flexibility index (Phi) is 3.78. The summed E-state index contributed by atoms with van der Waals surface area (Å²) in [5.41, 5.74) is 5.49. The molecule has 0 radical (unpaired) electrons. The number of morpholine rings is 1. The third-order valence-corrected chi connectivity index (χ3v) is 3.65. The molecule has 3 N–H and O–H groups in total. The maximum atomic E-state index is 11.2. The largest absolute Gasteiger partial charge is 0.480 e. The van der Waals surface area contributed by atoms with Crippen LogP contribution in [-0.4, -0.2) is 53.9 Å². The van der Waals surface area contributed by atoms with Gasteiger partial charge in [0, 0.05) is 12.6 Å². The van der Waals surface area contributed by atoms with Crippen molar-refractivity contribution in [3.05, 3.63) is 0 Å². The zero-order valence-corrected chi connectivity index (χ0v) is 9.47. The lowest BCUT2D eigenvalue weighted by molar-refractivity contribution is -0.150. The molecule has 5 nitrogen and oxygen atoms in total. The Morgan fingerprint density at radius 1 is 1.56 bits per heavy atom. The summed E-state index contributed by atoms with van der Waals surface area (Å²) in [6, 6.07) is -0.138. The predicted molar refractivity (Wildman–Crippen MR) is 59.2 cm³/mol. The van der Waals surface area contributed by atoms with E-state index in [1.165, 1.54) is 0 Å². The zero-order valence-electron chi connectivity index (χ0n) is 9.47. The van der Waals surface area contributed by atoms with E-state index in [9.17, 15) is 9.90 Å². The van der Waals surface area contributed by atoms with Gasteiger partial charge in [-0.3, -0.25) is 9.69 Å². The summed E-state index contributed by atoms with van der Waals surface area (Å²) in [7, 11) is 0. The van der Waals surface area contributed by atoms with E-state index < -0.39 is 12.0 Å². The molecular weight excluding hydrogens is 208 g/mol. The predicted octanol–water partition coefficient (Wildman–Crippen LogP) is 0.0417. The number of carboxylic acid groups (broad SMARTS) is 1. The number of carbonyl (C=O) groups is 1. The summed E-state index contributed by atoms with van der Waals surface area (Å²) in [5.74, 6) is -0.752. The number of ether oxygens (including phenoxy) is 1. The Bertz CT molecular complexity index is 260. The SMILES string of the molecule is NCCC(C(=O)O)N1CCOC2CCCC21. The van der Waals surface area contributed by atoms with Crippen LogP contribution in [0.5, 0.6) is 0 Å². The van der Waals surface area contributed by atoms with Crippen LogP contribution in [0.3, 0.4) is 0 Å². The third-order valence-electron chi connectivity index (χ3n) is 3.65. The van der Waals surface area contributed by atoms with Gasteiger partial charge < -0.3 is 15.6 Å². The highest BCUT2D eigenvalue weighted by Crippen LogP contribution is 2.31. The van der Waals surface area contributed by atoms with Gasteiger partial charge in [0.25, 0.3) is 0 Å². The quantitative estimate of drug-likeness (QED) is 0.710. The van der Waals surface area contributed by atoms with Crippen LogP contribution in [0.15, 0.2) is 0 Å². The van der Waals surface area contributed by atoms with E-state index in [1.54, 1.807) is 0 Å². The van der Waals surface area contributed by atoms with E-state index in [2.05, 4.69) is 4.90 Å². The average Bonchev–Trinajstić information content (AvgIpc) is 2.73. The summed E-state index contributed by atoms with van der Waals surface area (Å²) >= 11 is 0. The number of carboxylic acids is 1. The molecule has 3 unspecified atom stereocenters. The molecule has 0 spiro atoms. The molecule has 2 fully saturated rings. The van der Waals surface area contributed by atoms with Gasteiger partial charge >= 0.3 is 5.97 Å². The molecule has 1 aliphatic carbocycles. The van der Waals surface area contributed by atoms with E-state index in [0.717, 1.165) is 25.8 Å². The normalized spacial score (nSPS) is 32.3. The number of fused-ring (bicyclic) bond motifs is 1. The number of hydrogen-bond donors (Lipinski definition) is 2. The molecule has 0 aromatic heterocycles. The van der Waals surface area contributed by atoms with Crippen molar-refractivity contribution in [2.24, 2.45) is 5.73 Å². The van der Waals surface area contributed by atoms with E-state index in [0.29, 0.717) is 25.6 Å². The van der Waals surface area contributed by atoms with Gasteiger partial charge in [-0.1, -0.05) is 0 Å². The minimum atomic E-state index is -0.752.